The first-order valence-electron chi connectivity index (χ1n) is 5.97. The Morgan fingerprint density at radius 3 is 2.56 bits per heavy atom. The number of benzene rings is 1. The molecule has 0 fully saturated rings. The van der Waals surface area contributed by atoms with Crippen LogP contribution in [0.5, 0.6) is 0 Å². The molecule has 0 atom stereocenters. The Bertz CT molecular complexity index is 507. The van der Waals surface area contributed by atoms with Crippen LogP contribution in [-0.2, 0) is 6.54 Å². The van der Waals surface area contributed by atoms with Gasteiger partial charge in [-0.15, -0.1) is 0 Å². The summed E-state index contributed by atoms with van der Waals surface area (Å²) in [5, 5.41) is 3.06. The maximum atomic E-state index is 4.44. The van der Waals surface area contributed by atoms with Gasteiger partial charge in [0.05, 0.1) is 18.1 Å². The Morgan fingerprint density at radius 2 is 1.94 bits per heavy atom. The van der Waals surface area contributed by atoms with E-state index in [0.717, 1.165) is 23.7 Å². The fraction of sp³-hybridized carbons (Fsp3) is 0.286. The zero-order chi connectivity index (χ0) is 13.0. The molecule has 4 nitrogen and oxygen atoms in total. The highest BCUT2D eigenvalue weighted by Gasteiger charge is 2.07. The van der Waals surface area contributed by atoms with Crippen molar-refractivity contribution in [3.63, 3.8) is 0 Å². The number of rotatable bonds is 4. The summed E-state index contributed by atoms with van der Waals surface area (Å²) in [6.07, 6.45) is 3.61. The monoisotopic (exact) mass is 242 g/mol. The van der Waals surface area contributed by atoms with Crippen molar-refractivity contribution < 1.29 is 0 Å². The lowest BCUT2D eigenvalue weighted by Gasteiger charge is -2.20. The van der Waals surface area contributed by atoms with Crippen LogP contribution in [0.4, 0.5) is 11.5 Å². The number of nitrogens with one attached hydrogen (secondary N) is 1. The number of anilines is 2. The molecule has 94 valence electrons. The van der Waals surface area contributed by atoms with Gasteiger partial charge in [-0.25, -0.2) is 4.98 Å². The molecule has 2 aromatic rings. The molecule has 0 aliphatic rings. The van der Waals surface area contributed by atoms with Crippen LogP contribution >= 0.6 is 0 Å². The van der Waals surface area contributed by atoms with Gasteiger partial charge in [-0.1, -0.05) is 18.2 Å². The van der Waals surface area contributed by atoms with Crippen LogP contribution in [0.2, 0.25) is 0 Å². The van der Waals surface area contributed by atoms with E-state index in [-0.39, 0.29) is 0 Å². The fourth-order valence-corrected chi connectivity index (χ4v) is 1.86. The highest BCUT2D eigenvalue weighted by molar-refractivity contribution is 5.62. The van der Waals surface area contributed by atoms with Gasteiger partial charge in [-0.05, 0) is 25.6 Å². The van der Waals surface area contributed by atoms with Gasteiger partial charge < -0.3 is 10.2 Å². The highest BCUT2D eigenvalue weighted by atomic mass is 15.2. The summed E-state index contributed by atoms with van der Waals surface area (Å²) in [6, 6.07) is 8.24. The topological polar surface area (TPSA) is 41.1 Å². The summed E-state index contributed by atoms with van der Waals surface area (Å²) in [5.74, 6) is 0.851. The number of aromatic nitrogens is 2. The van der Waals surface area contributed by atoms with Crippen molar-refractivity contribution in [2.75, 3.05) is 19.0 Å². The Hall–Kier alpha value is -1.94. The average molecular weight is 242 g/mol. The van der Waals surface area contributed by atoms with E-state index in [2.05, 4.69) is 34.3 Å². The smallest absolute Gasteiger partial charge is 0.151 e. The molecule has 0 saturated heterocycles. The van der Waals surface area contributed by atoms with E-state index in [1.807, 2.05) is 31.1 Å². The molecule has 0 aliphatic carbocycles. The number of para-hydroxylation sites is 1. The van der Waals surface area contributed by atoms with E-state index in [9.17, 15) is 0 Å². The highest BCUT2D eigenvalue weighted by Crippen LogP contribution is 2.24. The zero-order valence-corrected chi connectivity index (χ0v) is 11.0. The molecule has 18 heavy (non-hydrogen) atoms. The van der Waals surface area contributed by atoms with E-state index in [1.54, 1.807) is 12.4 Å². The van der Waals surface area contributed by atoms with Crippen LogP contribution in [0, 0.1) is 6.92 Å². The van der Waals surface area contributed by atoms with E-state index >= 15 is 0 Å². The van der Waals surface area contributed by atoms with E-state index in [1.165, 1.54) is 5.56 Å². The fourth-order valence-electron chi connectivity index (χ4n) is 1.86. The van der Waals surface area contributed by atoms with Crippen LogP contribution < -0.4 is 10.2 Å². The first-order chi connectivity index (χ1) is 8.72. The van der Waals surface area contributed by atoms with Gasteiger partial charge in [0.15, 0.2) is 5.82 Å². The van der Waals surface area contributed by atoms with Crippen molar-refractivity contribution in [2.24, 2.45) is 0 Å². The number of hydrogen-bond acceptors (Lipinski definition) is 4. The van der Waals surface area contributed by atoms with Crippen molar-refractivity contribution in [3.8, 4) is 0 Å². The molecule has 0 unspecified atom stereocenters. The third-order valence-corrected chi connectivity index (χ3v) is 2.87. The molecule has 0 bridgehead atoms. The van der Waals surface area contributed by atoms with E-state index in [4.69, 9.17) is 0 Å². The first kappa shape index (κ1) is 12.5. The summed E-state index contributed by atoms with van der Waals surface area (Å²) >= 11 is 0. The third-order valence-electron chi connectivity index (χ3n) is 2.87. The average Bonchev–Trinajstić information content (AvgIpc) is 2.40. The van der Waals surface area contributed by atoms with Gasteiger partial charge in [0.2, 0.25) is 0 Å². The summed E-state index contributed by atoms with van der Waals surface area (Å²) in [4.78, 5) is 10.9. The maximum absolute atomic E-state index is 4.44. The van der Waals surface area contributed by atoms with Crippen molar-refractivity contribution in [1.29, 1.82) is 0 Å². The van der Waals surface area contributed by atoms with Gasteiger partial charge in [0.1, 0.15) is 0 Å². The van der Waals surface area contributed by atoms with Crippen LogP contribution in [-0.4, -0.2) is 24.1 Å². The van der Waals surface area contributed by atoms with Crippen LogP contribution in [0.1, 0.15) is 11.3 Å². The Morgan fingerprint density at radius 1 is 1.17 bits per heavy atom. The normalized spacial score (nSPS) is 10.4. The number of aryl methyl sites for hydroxylation is 1. The third kappa shape index (κ3) is 2.65. The number of nitrogens with zero attached hydrogens (tertiary/aromatic N) is 3. The van der Waals surface area contributed by atoms with Crippen molar-refractivity contribution in [3.05, 3.63) is 47.9 Å². The minimum atomic E-state index is 0.737. The molecule has 0 saturated carbocycles. The predicted molar refractivity (Wildman–Crippen MR) is 74.0 cm³/mol. The summed E-state index contributed by atoms with van der Waals surface area (Å²) < 4.78 is 0. The largest absolute Gasteiger partial charge is 0.328 e. The van der Waals surface area contributed by atoms with Gasteiger partial charge in [0, 0.05) is 19.3 Å². The van der Waals surface area contributed by atoms with Crippen molar-refractivity contribution in [1.82, 2.24) is 15.3 Å². The van der Waals surface area contributed by atoms with E-state index < -0.39 is 0 Å². The molecule has 1 aromatic heterocycles. The van der Waals surface area contributed by atoms with Gasteiger partial charge >= 0.3 is 0 Å². The Balaban J connectivity index is 2.23. The van der Waals surface area contributed by atoms with E-state index in [0.29, 0.717) is 0 Å². The number of hydrogen-bond donors (Lipinski definition) is 1. The van der Waals surface area contributed by atoms with Crippen LogP contribution in [0.3, 0.4) is 0 Å². The molecule has 0 amide bonds. The summed E-state index contributed by atoms with van der Waals surface area (Å²) in [5.41, 5.74) is 3.31. The lowest BCUT2D eigenvalue weighted by atomic mass is 10.2. The second kappa shape index (κ2) is 5.60. The second-order valence-corrected chi connectivity index (χ2v) is 4.24. The first-order valence-corrected chi connectivity index (χ1v) is 5.97. The zero-order valence-electron chi connectivity index (χ0n) is 11.0. The predicted octanol–water partition coefficient (Wildman–Crippen LogP) is 2.27. The van der Waals surface area contributed by atoms with Gasteiger partial charge in [0.25, 0.3) is 0 Å². The Labute approximate surface area is 108 Å². The molecule has 4 heteroatoms. The van der Waals surface area contributed by atoms with Crippen molar-refractivity contribution >= 4 is 11.5 Å². The lowest BCUT2D eigenvalue weighted by Crippen LogP contribution is -2.14. The molecular formula is C14H18N4. The molecule has 0 radical (unpaired) electrons. The molecule has 1 aromatic carbocycles. The minimum Gasteiger partial charge on any atom is -0.328 e. The molecule has 2 rings (SSSR count). The van der Waals surface area contributed by atoms with Crippen molar-refractivity contribution in [2.45, 2.75) is 13.5 Å². The Kier molecular flexibility index (Phi) is 3.89. The lowest BCUT2D eigenvalue weighted by molar-refractivity contribution is 0.783. The SMILES string of the molecule is CNCc1cnc(N(C)c2ccccc2C)cn1. The summed E-state index contributed by atoms with van der Waals surface area (Å²) in [7, 11) is 3.90. The molecule has 0 aliphatic heterocycles. The second-order valence-electron chi connectivity index (χ2n) is 4.24. The molecule has 1 heterocycles. The summed E-state index contributed by atoms with van der Waals surface area (Å²) in [6.45, 7) is 2.83. The van der Waals surface area contributed by atoms with Gasteiger partial charge in [-0.3, -0.25) is 4.98 Å². The molecular weight excluding hydrogens is 224 g/mol. The van der Waals surface area contributed by atoms with Crippen LogP contribution in [0.25, 0.3) is 0 Å². The van der Waals surface area contributed by atoms with Crippen LogP contribution in [0.15, 0.2) is 36.7 Å². The molecule has 1 N–H and O–H groups in total. The van der Waals surface area contributed by atoms with Gasteiger partial charge in [-0.2, -0.15) is 0 Å². The minimum absolute atomic E-state index is 0.737. The molecule has 0 spiro atoms. The quantitative estimate of drug-likeness (QED) is 0.893. The standard InChI is InChI=1S/C14H18N4/c1-11-6-4-5-7-13(11)18(3)14-10-16-12(8-15-2)9-17-14/h4-7,9-10,15H,8H2,1-3H3. The maximum Gasteiger partial charge on any atom is 0.151 e.